The van der Waals surface area contributed by atoms with Gasteiger partial charge in [-0.25, -0.2) is 0 Å². The van der Waals surface area contributed by atoms with Gasteiger partial charge in [-0.05, 0) is 30.3 Å². The molecule has 0 atom stereocenters. The molecular weight excluding hydrogens is 347 g/mol. The van der Waals surface area contributed by atoms with E-state index < -0.39 is 30.0 Å². The Morgan fingerprint density at radius 1 is 1.00 bits per heavy atom. The zero-order valence-electron chi connectivity index (χ0n) is 13.5. The number of amides is 2. The maximum Gasteiger partial charge on any atom is 0.416 e. The van der Waals surface area contributed by atoms with Gasteiger partial charge in [-0.1, -0.05) is 12.1 Å². The normalized spacial score (nSPS) is 14.7. The molecule has 2 aromatic carbocycles. The SMILES string of the molecule is CN1C(=O)CC(=O)N(c2ccccc2C#N)c2cc(C(F)(F)F)ccc21. The molecule has 1 heterocycles. The largest absolute Gasteiger partial charge is 0.416 e. The lowest BCUT2D eigenvalue weighted by Crippen LogP contribution is -2.29. The predicted octanol–water partition coefficient (Wildman–Crippen LogP) is 3.61. The molecule has 1 aliphatic heterocycles. The molecule has 0 radical (unpaired) electrons. The Kier molecular flexibility index (Phi) is 4.16. The fourth-order valence-corrected chi connectivity index (χ4v) is 2.79. The van der Waals surface area contributed by atoms with E-state index in [4.69, 9.17) is 0 Å². The molecule has 3 rings (SSSR count). The number of nitrogens with zero attached hydrogens (tertiary/aromatic N) is 3. The summed E-state index contributed by atoms with van der Waals surface area (Å²) in [4.78, 5) is 27.0. The maximum absolute atomic E-state index is 13.2. The van der Waals surface area contributed by atoms with E-state index in [0.29, 0.717) is 0 Å². The highest BCUT2D eigenvalue weighted by molar-refractivity contribution is 6.18. The molecule has 2 amide bonds. The second-order valence-electron chi connectivity index (χ2n) is 5.69. The number of nitriles is 1. The van der Waals surface area contributed by atoms with Gasteiger partial charge in [0.1, 0.15) is 12.5 Å². The minimum atomic E-state index is -4.62. The minimum absolute atomic E-state index is 0.0964. The summed E-state index contributed by atoms with van der Waals surface area (Å²) in [5.41, 5.74) is -0.654. The van der Waals surface area contributed by atoms with Crippen molar-refractivity contribution in [1.82, 2.24) is 0 Å². The van der Waals surface area contributed by atoms with E-state index in [0.717, 1.165) is 28.0 Å². The molecule has 0 bridgehead atoms. The van der Waals surface area contributed by atoms with Crippen molar-refractivity contribution in [3.05, 3.63) is 53.6 Å². The first-order valence-electron chi connectivity index (χ1n) is 7.54. The lowest BCUT2D eigenvalue weighted by atomic mass is 10.1. The molecule has 2 aromatic rings. The second-order valence-corrected chi connectivity index (χ2v) is 5.69. The van der Waals surface area contributed by atoms with Crippen LogP contribution >= 0.6 is 0 Å². The zero-order chi connectivity index (χ0) is 19.1. The van der Waals surface area contributed by atoms with E-state index >= 15 is 0 Å². The number of carbonyl (C=O) groups is 2. The summed E-state index contributed by atoms with van der Waals surface area (Å²) in [6.45, 7) is 0. The number of anilines is 3. The molecular formula is C18H12F3N3O2. The van der Waals surface area contributed by atoms with Crippen molar-refractivity contribution < 1.29 is 22.8 Å². The Morgan fingerprint density at radius 2 is 1.69 bits per heavy atom. The van der Waals surface area contributed by atoms with Crippen LogP contribution in [0.3, 0.4) is 0 Å². The summed E-state index contributed by atoms with van der Waals surface area (Å²) in [6.07, 6.45) is -5.14. The van der Waals surface area contributed by atoms with Crippen LogP contribution in [0.25, 0.3) is 0 Å². The third-order valence-electron chi connectivity index (χ3n) is 4.10. The summed E-state index contributed by atoms with van der Waals surface area (Å²) >= 11 is 0. The number of benzene rings is 2. The zero-order valence-corrected chi connectivity index (χ0v) is 13.5. The van der Waals surface area contributed by atoms with Crippen molar-refractivity contribution in [3.8, 4) is 6.07 Å². The Morgan fingerprint density at radius 3 is 2.35 bits per heavy atom. The van der Waals surface area contributed by atoms with Crippen molar-refractivity contribution >= 4 is 28.9 Å². The van der Waals surface area contributed by atoms with Crippen molar-refractivity contribution in [3.63, 3.8) is 0 Å². The van der Waals surface area contributed by atoms with Crippen LogP contribution in [0, 0.1) is 11.3 Å². The molecule has 26 heavy (non-hydrogen) atoms. The molecule has 5 nitrogen and oxygen atoms in total. The van der Waals surface area contributed by atoms with Gasteiger partial charge in [-0.3, -0.25) is 14.5 Å². The molecule has 1 aliphatic rings. The summed E-state index contributed by atoms with van der Waals surface area (Å²) in [5, 5.41) is 9.30. The number of para-hydroxylation sites is 1. The number of hydrogen-bond acceptors (Lipinski definition) is 3. The third kappa shape index (κ3) is 2.88. The Labute approximate surface area is 146 Å². The first-order valence-corrected chi connectivity index (χ1v) is 7.54. The van der Waals surface area contributed by atoms with Gasteiger partial charge in [0, 0.05) is 7.05 Å². The number of carbonyl (C=O) groups excluding carboxylic acids is 2. The van der Waals surface area contributed by atoms with E-state index in [2.05, 4.69) is 0 Å². The highest BCUT2D eigenvalue weighted by atomic mass is 19.4. The quantitative estimate of drug-likeness (QED) is 0.731. The predicted molar refractivity (Wildman–Crippen MR) is 87.8 cm³/mol. The third-order valence-corrected chi connectivity index (χ3v) is 4.10. The molecule has 0 N–H and O–H groups in total. The van der Waals surface area contributed by atoms with Gasteiger partial charge in [0.25, 0.3) is 0 Å². The van der Waals surface area contributed by atoms with Gasteiger partial charge in [0.05, 0.1) is 28.2 Å². The van der Waals surface area contributed by atoms with Crippen LogP contribution in [0.4, 0.5) is 30.2 Å². The summed E-state index contributed by atoms with van der Waals surface area (Å²) in [6, 6.07) is 10.8. The highest BCUT2D eigenvalue weighted by Crippen LogP contribution is 2.42. The molecule has 0 fully saturated rings. The van der Waals surface area contributed by atoms with Gasteiger partial charge < -0.3 is 4.90 Å². The maximum atomic E-state index is 13.2. The first-order chi connectivity index (χ1) is 12.2. The molecule has 0 spiro atoms. The number of hydrogen-bond donors (Lipinski definition) is 0. The van der Waals surface area contributed by atoms with Crippen molar-refractivity contribution in [2.24, 2.45) is 0 Å². The lowest BCUT2D eigenvalue weighted by molar-refractivity contribution is -0.137. The Balaban J connectivity index is 2.31. The average Bonchev–Trinajstić information content (AvgIpc) is 2.69. The number of fused-ring (bicyclic) bond motifs is 1. The highest BCUT2D eigenvalue weighted by Gasteiger charge is 2.36. The Hall–Kier alpha value is -3.34. The van der Waals surface area contributed by atoms with Crippen LogP contribution in [0.5, 0.6) is 0 Å². The standard InChI is InChI=1S/C18H12F3N3O2/c1-23-14-7-6-12(18(19,20)21)8-15(14)24(17(26)9-16(23)25)13-5-3-2-4-11(13)10-22/h2-8H,9H2,1H3. The van der Waals surface area contributed by atoms with Crippen LogP contribution in [0.15, 0.2) is 42.5 Å². The summed E-state index contributed by atoms with van der Waals surface area (Å²) in [5.74, 6) is -1.25. The van der Waals surface area contributed by atoms with Crippen LogP contribution in [0.2, 0.25) is 0 Å². The van der Waals surface area contributed by atoms with E-state index in [-0.39, 0.29) is 22.6 Å². The number of rotatable bonds is 1. The van der Waals surface area contributed by atoms with Crippen molar-refractivity contribution in [1.29, 1.82) is 5.26 Å². The average molecular weight is 359 g/mol. The minimum Gasteiger partial charge on any atom is -0.313 e. The molecule has 0 saturated heterocycles. The van der Waals surface area contributed by atoms with Crippen molar-refractivity contribution in [2.45, 2.75) is 12.6 Å². The fourth-order valence-electron chi connectivity index (χ4n) is 2.79. The van der Waals surface area contributed by atoms with Gasteiger partial charge in [0.15, 0.2) is 0 Å². The monoisotopic (exact) mass is 359 g/mol. The van der Waals surface area contributed by atoms with E-state index in [9.17, 15) is 28.0 Å². The molecule has 132 valence electrons. The van der Waals surface area contributed by atoms with Gasteiger partial charge >= 0.3 is 6.18 Å². The number of halogens is 3. The van der Waals surface area contributed by atoms with Crippen LogP contribution in [-0.2, 0) is 15.8 Å². The number of alkyl halides is 3. The first kappa shape index (κ1) is 17.5. The topological polar surface area (TPSA) is 64.4 Å². The smallest absolute Gasteiger partial charge is 0.313 e. The van der Waals surface area contributed by atoms with Crippen LogP contribution in [-0.4, -0.2) is 18.9 Å². The lowest BCUT2D eigenvalue weighted by Gasteiger charge is -2.25. The Bertz CT molecular complexity index is 947. The second kappa shape index (κ2) is 6.19. The van der Waals surface area contributed by atoms with Crippen LogP contribution in [0.1, 0.15) is 17.5 Å². The fraction of sp³-hybridized carbons (Fsp3) is 0.167. The van der Waals surface area contributed by atoms with Crippen molar-refractivity contribution in [2.75, 3.05) is 16.8 Å². The molecule has 0 unspecified atom stereocenters. The van der Waals surface area contributed by atoms with Gasteiger partial charge in [0.2, 0.25) is 11.8 Å². The summed E-state index contributed by atoms with van der Waals surface area (Å²) in [7, 11) is 1.39. The summed E-state index contributed by atoms with van der Waals surface area (Å²) < 4.78 is 39.5. The van der Waals surface area contributed by atoms with Gasteiger partial charge in [-0.15, -0.1) is 0 Å². The molecule has 0 saturated carbocycles. The van der Waals surface area contributed by atoms with Gasteiger partial charge in [-0.2, -0.15) is 18.4 Å². The molecule has 0 aliphatic carbocycles. The molecule has 0 aromatic heterocycles. The van der Waals surface area contributed by atoms with Crippen LogP contribution < -0.4 is 9.80 Å². The van der Waals surface area contributed by atoms with E-state index in [1.165, 1.54) is 19.2 Å². The molecule has 8 heteroatoms. The van der Waals surface area contributed by atoms with E-state index in [1.54, 1.807) is 12.1 Å². The van der Waals surface area contributed by atoms with E-state index in [1.807, 2.05) is 6.07 Å².